The highest BCUT2D eigenvalue weighted by molar-refractivity contribution is 6.29. The highest BCUT2D eigenvalue weighted by Gasteiger charge is 2.47. The Kier molecular flexibility index (Phi) is 7.20. The molecular formula is C29H27ClF3N3O2. The first-order valence-corrected chi connectivity index (χ1v) is 12.8. The van der Waals surface area contributed by atoms with Crippen molar-refractivity contribution in [2.45, 2.75) is 31.5 Å². The number of anilines is 1. The normalized spacial score (nSPS) is 17.2. The number of nitrogens with zero attached hydrogens (tertiary/aromatic N) is 3. The lowest BCUT2D eigenvalue weighted by molar-refractivity contribution is -0.274. The highest BCUT2D eigenvalue weighted by atomic mass is 35.5. The van der Waals surface area contributed by atoms with E-state index in [2.05, 4.69) is 58.0 Å². The van der Waals surface area contributed by atoms with E-state index in [1.54, 1.807) is 17.0 Å². The second-order valence-corrected chi connectivity index (χ2v) is 10.3. The first-order valence-electron chi connectivity index (χ1n) is 12.4. The molecule has 0 N–H and O–H groups in total. The number of aromatic nitrogens is 1. The van der Waals surface area contributed by atoms with Crippen LogP contribution in [0.25, 0.3) is 6.08 Å². The molecule has 38 heavy (non-hydrogen) atoms. The molecule has 9 heteroatoms. The van der Waals surface area contributed by atoms with Gasteiger partial charge in [-0.1, -0.05) is 53.6 Å². The molecule has 1 aromatic heterocycles. The van der Waals surface area contributed by atoms with E-state index in [9.17, 15) is 18.0 Å². The molecule has 2 aliphatic heterocycles. The van der Waals surface area contributed by atoms with Crippen molar-refractivity contribution in [2.24, 2.45) is 0 Å². The molecule has 0 saturated carbocycles. The number of fused-ring (bicyclic) bond motifs is 2. The topological polar surface area (TPSA) is 45.7 Å². The number of hydrogen-bond acceptors (Lipinski definition) is 4. The van der Waals surface area contributed by atoms with Crippen LogP contribution in [-0.4, -0.2) is 48.3 Å². The van der Waals surface area contributed by atoms with Crippen molar-refractivity contribution in [1.29, 1.82) is 0 Å². The largest absolute Gasteiger partial charge is 0.573 e. The number of alkyl halides is 3. The minimum Gasteiger partial charge on any atom is -0.406 e. The van der Waals surface area contributed by atoms with Crippen LogP contribution in [0.1, 0.15) is 39.9 Å². The van der Waals surface area contributed by atoms with Gasteiger partial charge in [0, 0.05) is 36.0 Å². The second-order valence-electron chi connectivity index (χ2n) is 9.88. The van der Waals surface area contributed by atoms with Crippen molar-refractivity contribution < 1.29 is 22.7 Å². The van der Waals surface area contributed by atoms with Gasteiger partial charge in [-0.2, -0.15) is 0 Å². The van der Waals surface area contributed by atoms with Crippen LogP contribution in [0, 0.1) is 6.92 Å². The number of pyridine rings is 1. The summed E-state index contributed by atoms with van der Waals surface area (Å²) in [7, 11) is 0. The van der Waals surface area contributed by atoms with Crippen LogP contribution in [0.5, 0.6) is 5.75 Å². The van der Waals surface area contributed by atoms with Gasteiger partial charge in [0.2, 0.25) is 0 Å². The maximum atomic E-state index is 13.5. The minimum absolute atomic E-state index is 0.200. The van der Waals surface area contributed by atoms with Crippen molar-refractivity contribution in [3.05, 3.63) is 94.3 Å². The molecule has 198 valence electrons. The first kappa shape index (κ1) is 26.3. The number of ether oxygens (including phenoxy) is 1. The summed E-state index contributed by atoms with van der Waals surface area (Å²) in [5.41, 5.74) is 3.57. The number of hydrogen-bond donors (Lipinski definition) is 0. The third-order valence-corrected chi connectivity index (χ3v) is 7.51. The van der Waals surface area contributed by atoms with Crippen LogP contribution in [0.15, 0.2) is 66.9 Å². The van der Waals surface area contributed by atoms with Gasteiger partial charge < -0.3 is 9.64 Å². The lowest BCUT2D eigenvalue weighted by Crippen LogP contribution is -2.46. The Hall–Kier alpha value is -3.36. The standard InChI is InChI=1S/C29H27ClF3N3O2/c1-20-4-6-21(7-5-20)3-2-14-35-15-11-28(12-16-35)19-36(27(37)22-10-13-34-26(30)17-22)25-9-8-23(18-24(25)28)38-29(31,32)33/h2-10,13,17-18H,11-12,14-16,19H2,1H3/b3-2+. The Bertz CT molecular complexity index is 1350. The average Bonchev–Trinajstić information content (AvgIpc) is 3.18. The zero-order valence-electron chi connectivity index (χ0n) is 20.8. The summed E-state index contributed by atoms with van der Waals surface area (Å²) < 4.78 is 43.2. The number of amides is 1. The van der Waals surface area contributed by atoms with E-state index in [1.165, 1.54) is 30.0 Å². The summed E-state index contributed by atoms with van der Waals surface area (Å²) in [4.78, 5) is 21.4. The Balaban J connectivity index is 1.36. The van der Waals surface area contributed by atoms with Gasteiger partial charge in [-0.05, 0) is 74.3 Å². The molecular weight excluding hydrogens is 515 g/mol. The number of piperidine rings is 1. The quantitative estimate of drug-likeness (QED) is 0.339. The van der Waals surface area contributed by atoms with E-state index in [0.717, 1.165) is 25.2 Å². The fraction of sp³-hybridized carbons (Fsp3) is 0.310. The van der Waals surface area contributed by atoms with Crippen LogP contribution in [0.3, 0.4) is 0 Å². The summed E-state index contributed by atoms with van der Waals surface area (Å²) in [6.45, 7) is 4.71. The Morgan fingerprint density at radius 3 is 2.53 bits per heavy atom. The molecule has 1 amide bonds. The fourth-order valence-corrected chi connectivity index (χ4v) is 5.50. The van der Waals surface area contributed by atoms with Gasteiger partial charge >= 0.3 is 6.36 Å². The molecule has 0 aliphatic carbocycles. The molecule has 3 aromatic rings. The summed E-state index contributed by atoms with van der Waals surface area (Å²) in [5.74, 6) is -0.541. The van der Waals surface area contributed by atoms with Crippen LogP contribution in [0.4, 0.5) is 18.9 Å². The molecule has 2 aromatic carbocycles. The van der Waals surface area contributed by atoms with Gasteiger partial charge in [-0.15, -0.1) is 13.2 Å². The van der Waals surface area contributed by atoms with Crippen LogP contribution < -0.4 is 9.64 Å². The lowest BCUT2D eigenvalue weighted by Gasteiger charge is -2.39. The summed E-state index contributed by atoms with van der Waals surface area (Å²) in [5, 5.41) is 0.200. The molecule has 5 rings (SSSR count). The number of benzene rings is 2. The van der Waals surface area contributed by atoms with Crippen molar-refractivity contribution in [3.8, 4) is 5.75 Å². The van der Waals surface area contributed by atoms with Crippen LogP contribution >= 0.6 is 11.6 Å². The number of likely N-dealkylation sites (tertiary alicyclic amines) is 1. The molecule has 0 radical (unpaired) electrons. The SMILES string of the molecule is Cc1ccc(/C=C/CN2CCC3(CC2)CN(C(=O)c2ccnc(Cl)c2)c2ccc(OC(F)(F)F)cc23)cc1. The van der Waals surface area contributed by atoms with E-state index in [0.29, 0.717) is 36.2 Å². The van der Waals surface area contributed by atoms with Gasteiger partial charge in [0.15, 0.2) is 0 Å². The van der Waals surface area contributed by atoms with Crippen LogP contribution in [-0.2, 0) is 5.41 Å². The van der Waals surface area contributed by atoms with Crippen molar-refractivity contribution in [2.75, 3.05) is 31.1 Å². The predicted octanol–water partition coefficient (Wildman–Crippen LogP) is 6.65. The molecule has 2 aliphatic rings. The van der Waals surface area contributed by atoms with Gasteiger partial charge in [0.25, 0.3) is 5.91 Å². The summed E-state index contributed by atoms with van der Waals surface area (Å²) in [6.07, 6.45) is 2.30. The Morgan fingerprint density at radius 2 is 1.84 bits per heavy atom. The van der Waals surface area contributed by atoms with Crippen molar-refractivity contribution in [3.63, 3.8) is 0 Å². The Morgan fingerprint density at radius 1 is 1.11 bits per heavy atom. The second kappa shape index (κ2) is 10.4. The molecule has 1 spiro atoms. The zero-order chi connectivity index (χ0) is 26.9. The number of carbonyl (C=O) groups is 1. The monoisotopic (exact) mass is 541 g/mol. The van der Waals surface area contributed by atoms with E-state index < -0.39 is 11.8 Å². The molecule has 1 saturated heterocycles. The first-order chi connectivity index (χ1) is 18.1. The van der Waals surface area contributed by atoms with Gasteiger partial charge in [-0.25, -0.2) is 4.98 Å². The fourth-order valence-electron chi connectivity index (χ4n) is 5.32. The molecule has 3 heterocycles. The Labute approximate surface area is 224 Å². The average molecular weight is 542 g/mol. The maximum absolute atomic E-state index is 13.5. The van der Waals surface area contributed by atoms with Crippen molar-refractivity contribution >= 4 is 29.3 Å². The van der Waals surface area contributed by atoms with Crippen molar-refractivity contribution in [1.82, 2.24) is 9.88 Å². The molecule has 0 atom stereocenters. The summed E-state index contributed by atoms with van der Waals surface area (Å²) >= 11 is 6.01. The minimum atomic E-state index is -4.80. The third kappa shape index (κ3) is 5.71. The van der Waals surface area contributed by atoms with Gasteiger partial charge in [0.1, 0.15) is 10.9 Å². The zero-order valence-corrected chi connectivity index (χ0v) is 21.6. The molecule has 5 nitrogen and oxygen atoms in total. The maximum Gasteiger partial charge on any atom is 0.573 e. The summed E-state index contributed by atoms with van der Waals surface area (Å²) in [6, 6.07) is 15.6. The highest BCUT2D eigenvalue weighted by Crippen LogP contribution is 2.49. The van der Waals surface area contributed by atoms with E-state index >= 15 is 0 Å². The van der Waals surface area contributed by atoms with Crippen LogP contribution in [0.2, 0.25) is 5.15 Å². The van der Waals surface area contributed by atoms with E-state index in [-0.39, 0.29) is 16.8 Å². The van der Waals surface area contributed by atoms with Gasteiger partial charge in [0.05, 0.1) is 0 Å². The van der Waals surface area contributed by atoms with E-state index in [4.69, 9.17) is 11.6 Å². The number of halogens is 4. The smallest absolute Gasteiger partial charge is 0.406 e. The lowest BCUT2D eigenvalue weighted by atomic mass is 9.74. The molecule has 0 bridgehead atoms. The number of carbonyl (C=O) groups excluding carboxylic acids is 1. The molecule has 0 unspecified atom stereocenters. The van der Waals surface area contributed by atoms with E-state index in [1.807, 2.05) is 0 Å². The predicted molar refractivity (Wildman–Crippen MR) is 142 cm³/mol. The van der Waals surface area contributed by atoms with Gasteiger partial charge in [-0.3, -0.25) is 9.69 Å². The third-order valence-electron chi connectivity index (χ3n) is 7.31. The number of rotatable bonds is 5. The number of aryl methyl sites for hydroxylation is 1. The molecule has 1 fully saturated rings.